The summed E-state index contributed by atoms with van der Waals surface area (Å²) in [5.74, 6) is -0.451. The number of carbonyl (C=O) groups excluding carboxylic acids is 1. The summed E-state index contributed by atoms with van der Waals surface area (Å²) in [5.41, 5.74) is 1.88. The Kier molecular flexibility index (Phi) is 5.51. The minimum atomic E-state index is -3.83. The fourth-order valence-electron chi connectivity index (χ4n) is 3.07. The topological polar surface area (TPSA) is 96.3 Å². The lowest BCUT2D eigenvalue weighted by Gasteiger charge is -2.36. The molecule has 1 aromatic heterocycles. The van der Waals surface area contributed by atoms with E-state index < -0.39 is 28.2 Å². The van der Waals surface area contributed by atoms with Crippen molar-refractivity contribution >= 4 is 45.0 Å². The van der Waals surface area contributed by atoms with Crippen LogP contribution in [0.3, 0.4) is 0 Å². The smallest absolute Gasteiger partial charge is 0.280 e. The van der Waals surface area contributed by atoms with Crippen LogP contribution in [0, 0.1) is 6.92 Å². The van der Waals surface area contributed by atoms with Gasteiger partial charge in [0.2, 0.25) is 5.91 Å². The third-order valence-electron chi connectivity index (χ3n) is 4.48. The molecule has 1 aliphatic rings. The number of likely N-dealkylation sites (N-methyl/N-ethyl adjacent to an activating group) is 1. The van der Waals surface area contributed by atoms with E-state index in [0.717, 1.165) is 9.87 Å². The molecule has 27 heavy (non-hydrogen) atoms. The normalized spacial score (nSPS) is 22.6. The molecule has 2 unspecified atom stereocenters. The minimum Gasteiger partial charge on any atom is -0.325 e. The van der Waals surface area contributed by atoms with Gasteiger partial charge in [-0.2, -0.15) is 22.5 Å². The van der Waals surface area contributed by atoms with Crippen molar-refractivity contribution in [1.29, 1.82) is 0 Å². The molecule has 2 aromatic rings. The number of aromatic nitrogens is 2. The first-order valence-electron chi connectivity index (χ1n) is 8.10. The van der Waals surface area contributed by atoms with Crippen LogP contribution >= 0.6 is 23.2 Å². The molecule has 0 spiro atoms. The van der Waals surface area contributed by atoms with Gasteiger partial charge >= 0.3 is 0 Å². The maximum absolute atomic E-state index is 12.8. The SMILES string of the molecule is Cc1nn(C)cc1C1CC(C(=O)Nc2ccc(Cl)c(Cl)c2)N(C)S(=O)(=O)N1. The Hall–Kier alpha value is -1.65. The number of carbonyl (C=O) groups is 1. The number of amides is 1. The van der Waals surface area contributed by atoms with Gasteiger partial charge in [-0.3, -0.25) is 9.48 Å². The van der Waals surface area contributed by atoms with Gasteiger partial charge in [0.05, 0.1) is 21.8 Å². The van der Waals surface area contributed by atoms with Crippen LogP contribution < -0.4 is 10.0 Å². The minimum absolute atomic E-state index is 0.259. The molecule has 2 N–H and O–H groups in total. The number of rotatable bonds is 3. The highest BCUT2D eigenvalue weighted by atomic mass is 35.5. The zero-order chi connectivity index (χ0) is 19.9. The molecular weight excluding hydrogens is 413 g/mol. The van der Waals surface area contributed by atoms with Crippen LogP contribution in [0.4, 0.5) is 5.69 Å². The van der Waals surface area contributed by atoms with E-state index >= 15 is 0 Å². The quantitative estimate of drug-likeness (QED) is 0.778. The highest BCUT2D eigenvalue weighted by Crippen LogP contribution is 2.30. The maximum atomic E-state index is 12.8. The number of halogens is 2. The van der Waals surface area contributed by atoms with Crippen LogP contribution in [0.2, 0.25) is 10.0 Å². The molecule has 2 heterocycles. The highest BCUT2D eigenvalue weighted by molar-refractivity contribution is 7.87. The standard InChI is InChI=1S/C16H19Cl2N5O3S/c1-9-11(8-22(2)20-9)14-7-15(23(3)27(25,26)21-14)16(24)19-10-4-5-12(17)13(18)6-10/h4-6,8,14-15,21H,7H2,1-3H3,(H,19,24). The van der Waals surface area contributed by atoms with E-state index in [0.29, 0.717) is 21.4 Å². The molecule has 1 fully saturated rings. The van der Waals surface area contributed by atoms with Crippen molar-refractivity contribution in [3.8, 4) is 0 Å². The van der Waals surface area contributed by atoms with Crippen molar-refractivity contribution in [2.45, 2.75) is 25.4 Å². The number of benzene rings is 1. The number of hydrogen-bond acceptors (Lipinski definition) is 4. The zero-order valence-corrected chi connectivity index (χ0v) is 17.2. The van der Waals surface area contributed by atoms with Crippen LogP contribution in [0.5, 0.6) is 0 Å². The Morgan fingerprint density at radius 3 is 2.59 bits per heavy atom. The molecule has 1 amide bonds. The lowest BCUT2D eigenvalue weighted by molar-refractivity contribution is -0.120. The average molecular weight is 432 g/mol. The first kappa shape index (κ1) is 20.1. The number of anilines is 1. The number of nitrogens with zero attached hydrogens (tertiary/aromatic N) is 3. The summed E-state index contributed by atoms with van der Waals surface area (Å²) in [6, 6.07) is 3.23. The molecule has 0 aliphatic carbocycles. The van der Waals surface area contributed by atoms with Gasteiger partial charge in [0.15, 0.2) is 0 Å². The van der Waals surface area contributed by atoms with Gasteiger partial charge in [-0.05, 0) is 31.5 Å². The summed E-state index contributed by atoms with van der Waals surface area (Å²) >= 11 is 11.9. The van der Waals surface area contributed by atoms with Crippen molar-refractivity contribution in [2.24, 2.45) is 7.05 Å². The molecule has 1 saturated heterocycles. The van der Waals surface area contributed by atoms with Crippen molar-refractivity contribution in [1.82, 2.24) is 18.8 Å². The predicted octanol–water partition coefficient (Wildman–Crippen LogP) is 2.25. The van der Waals surface area contributed by atoms with Gasteiger partial charge in [0.25, 0.3) is 10.2 Å². The van der Waals surface area contributed by atoms with Crippen molar-refractivity contribution in [3.63, 3.8) is 0 Å². The molecular formula is C16H19Cl2N5O3S. The molecule has 0 saturated carbocycles. The molecule has 11 heteroatoms. The first-order valence-corrected chi connectivity index (χ1v) is 10.3. The van der Waals surface area contributed by atoms with Gasteiger partial charge in [-0.25, -0.2) is 0 Å². The van der Waals surface area contributed by atoms with E-state index in [2.05, 4.69) is 15.1 Å². The summed E-state index contributed by atoms with van der Waals surface area (Å²) in [6.07, 6.45) is 2.01. The molecule has 3 rings (SSSR count). The summed E-state index contributed by atoms with van der Waals surface area (Å²) in [7, 11) is -0.702. The summed E-state index contributed by atoms with van der Waals surface area (Å²) in [4.78, 5) is 12.8. The lowest BCUT2D eigenvalue weighted by Crippen LogP contribution is -2.56. The Morgan fingerprint density at radius 1 is 1.30 bits per heavy atom. The van der Waals surface area contributed by atoms with E-state index in [4.69, 9.17) is 23.2 Å². The Balaban J connectivity index is 1.86. The first-order chi connectivity index (χ1) is 12.6. The molecule has 2 atom stereocenters. The monoisotopic (exact) mass is 431 g/mol. The van der Waals surface area contributed by atoms with Crippen LogP contribution in [-0.4, -0.2) is 41.5 Å². The predicted molar refractivity (Wildman–Crippen MR) is 104 cm³/mol. The van der Waals surface area contributed by atoms with Gasteiger partial charge in [0, 0.05) is 31.5 Å². The Morgan fingerprint density at radius 2 is 2.00 bits per heavy atom. The van der Waals surface area contributed by atoms with Crippen molar-refractivity contribution in [2.75, 3.05) is 12.4 Å². The summed E-state index contributed by atoms with van der Waals surface area (Å²) in [5, 5.41) is 7.61. The van der Waals surface area contributed by atoms with Gasteiger partial charge < -0.3 is 5.32 Å². The molecule has 8 nitrogen and oxygen atoms in total. The van der Waals surface area contributed by atoms with E-state index in [9.17, 15) is 13.2 Å². The van der Waals surface area contributed by atoms with Gasteiger partial charge in [-0.1, -0.05) is 23.2 Å². The second kappa shape index (κ2) is 7.40. The second-order valence-corrected chi connectivity index (χ2v) is 8.98. The molecule has 1 aromatic carbocycles. The third-order valence-corrected chi connectivity index (χ3v) is 6.82. The van der Waals surface area contributed by atoms with Crippen LogP contribution in [0.25, 0.3) is 0 Å². The van der Waals surface area contributed by atoms with Crippen molar-refractivity contribution in [3.05, 3.63) is 45.7 Å². The largest absolute Gasteiger partial charge is 0.325 e. The zero-order valence-electron chi connectivity index (χ0n) is 14.9. The third kappa shape index (κ3) is 4.12. The molecule has 0 bridgehead atoms. The van der Waals surface area contributed by atoms with Gasteiger partial charge in [-0.15, -0.1) is 0 Å². The summed E-state index contributed by atoms with van der Waals surface area (Å²) < 4.78 is 30.3. The van der Waals surface area contributed by atoms with Crippen LogP contribution in [0.1, 0.15) is 23.7 Å². The highest BCUT2D eigenvalue weighted by Gasteiger charge is 2.41. The molecule has 1 aliphatic heterocycles. The van der Waals surface area contributed by atoms with Crippen LogP contribution in [-0.2, 0) is 22.1 Å². The fourth-order valence-corrected chi connectivity index (χ4v) is 4.64. The van der Waals surface area contributed by atoms with Crippen LogP contribution in [0.15, 0.2) is 24.4 Å². The number of aryl methyl sites for hydroxylation is 2. The molecule has 0 radical (unpaired) electrons. The van der Waals surface area contributed by atoms with E-state index in [1.54, 1.807) is 37.0 Å². The number of hydrogen-bond donors (Lipinski definition) is 2. The van der Waals surface area contributed by atoms with E-state index in [1.807, 2.05) is 0 Å². The average Bonchev–Trinajstić information content (AvgIpc) is 2.91. The van der Waals surface area contributed by atoms with Crippen molar-refractivity contribution < 1.29 is 13.2 Å². The second-order valence-electron chi connectivity index (χ2n) is 6.40. The number of nitrogens with one attached hydrogen (secondary N) is 2. The Bertz CT molecular complexity index is 992. The summed E-state index contributed by atoms with van der Waals surface area (Å²) in [6.45, 7) is 1.80. The van der Waals surface area contributed by atoms with E-state index in [1.165, 1.54) is 13.1 Å². The molecule has 146 valence electrons. The maximum Gasteiger partial charge on any atom is 0.280 e. The van der Waals surface area contributed by atoms with Gasteiger partial charge in [0.1, 0.15) is 6.04 Å². The lowest BCUT2D eigenvalue weighted by atomic mass is 10.00. The van der Waals surface area contributed by atoms with E-state index in [-0.39, 0.29) is 6.42 Å². The fraction of sp³-hybridized carbons (Fsp3) is 0.375. The Labute approximate surface area is 167 Å².